The van der Waals surface area contributed by atoms with E-state index in [2.05, 4.69) is 20.3 Å². The lowest BCUT2D eigenvalue weighted by atomic mass is 10.1. The Bertz CT molecular complexity index is 463. The summed E-state index contributed by atoms with van der Waals surface area (Å²) in [7, 11) is 3.84. The summed E-state index contributed by atoms with van der Waals surface area (Å²) >= 11 is 0. The SMILES string of the molecule is CN(C)c1nccc(CN=C(N)NC2CCCCCC2)n1. The molecular formula is C15H26N6. The maximum atomic E-state index is 5.99. The molecule has 116 valence electrons. The molecule has 1 aromatic rings. The molecule has 0 unspecified atom stereocenters. The van der Waals surface area contributed by atoms with Crippen molar-refractivity contribution in [3.8, 4) is 0 Å². The minimum atomic E-state index is 0.471. The molecular weight excluding hydrogens is 264 g/mol. The fourth-order valence-electron chi connectivity index (χ4n) is 2.53. The Morgan fingerprint density at radius 2 is 2.05 bits per heavy atom. The lowest BCUT2D eigenvalue weighted by Gasteiger charge is -2.16. The van der Waals surface area contributed by atoms with Crippen LogP contribution in [0.5, 0.6) is 0 Å². The molecule has 6 nitrogen and oxygen atoms in total. The van der Waals surface area contributed by atoms with Gasteiger partial charge in [-0.15, -0.1) is 0 Å². The highest BCUT2D eigenvalue weighted by atomic mass is 15.2. The van der Waals surface area contributed by atoms with Crippen LogP contribution in [0, 0.1) is 0 Å². The topological polar surface area (TPSA) is 79.4 Å². The Morgan fingerprint density at radius 1 is 1.33 bits per heavy atom. The lowest BCUT2D eigenvalue weighted by Crippen LogP contribution is -2.39. The van der Waals surface area contributed by atoms with Gasteiger partial charge in [0.2, 0.25) is 5.95 Å². The maximum absolute atomic E-state index is 5.99. The Balaban J connectivity index is 1.88. The van der Waals surface area contributed by atoms with Crippen LogP contribution in [-0.2, 0) is 6.54 Å². The third-order valence-electron chi connectivity index (χ3n) is 3.72. The molecule has 0 radical (unpaired) electrons. The van der Waals surface area contributed by atoms with E-state index in [1.807, 2.05) is 25.1 Å². The molecule has 1 aliphatic carbocycles. The average Bonchev–Trinajstić information content (AvgIpc) is 2.74. The van der Waals surface area contributed by atoms with E-state index in [9.17, 15) is 0 Å². The number of anilines is 1. The summed E-state index contributed by atoms with van der Waals surface area (Å²) in [6, 6.07) is 2.34. The standard InChI is InChI=1S/C15H26N6/c1-21(2)15-17-10-9-13(20-15)11-18-14(16)19-12-7-5-3-4-6-8-12/h9-10,12H,3-8,11H2,1-2H3,(H3,16,18,19). The van der Waals surface area contributed by atoms with Crippen molar-refractivity contribution < 1.29 is 0 Å². The smallest absolute Gasteiger partial charge is 0.225 e. The second-order valence-electron chi connectivity index (χ2n) is 5.78. The summed E-state index contributed by atoms with van der Waals surface area (Å²) in [5.41, 5.74) is 6.86. The first-order chi connectivity index (χ1) is 10.1. The Labute approximate surface area is 126 Å². The van der Waals surface area contributed by atoms with Crippen molar-refractivity contribution >= 4 is 11.9 Å². The number of nitrogens with two attached hydrogens (primary N) is 1. The van der Waals surface area contributed by atoms with Crippen LogP contribution in [-0.4, -0.2) is 36.1 Å². The number of guanidine groups is 1. The monoisotopic (exact) mass is 290 g/mol. The molecule has 0 amide bonds. The predicted molar refractivity (Wildman–Crippen MR) is 86.3 cm³/mol. The van der Waals surface area contributed by atoms with Gasteiger partial charge in [0.15, 0.2) is 5.96 Å². The van der Waals surface area contributed by atoms with Crippen LogP contribution in [0.25, 0.3) is 0 Å². The van der Waals surface area contributed by atoms with E-state index in [4.69, 9.17) is 5.73 Å². The number of rotatable bonds is 4. The first-order valence-electron chi connectivity index (χ1n) is 7.71. The number of nitrogens with one attached hydrogen (secondary N) is 1. The second kappa shape index (κ2) is 7.81. The molecule has 0 bridgehead atoms. The quantitative estimate of drug-likeness (QED) is 0.501. The first-order valence-corrected chi connectivity index (χ1v) is 7.71. The molecule has 0 saturated heterocycles. The van der Waals surface area contributed by atoms with Crippen LogP contribution >= 0.6 is 0 Å². The molecule has 3 N–H and O–H groups in total. The van der Waals surface area contributed by atoms with Gasteiger partial charge in [-0.1, -0.05) is 25.7 Å². The molecule has 21 heavy (non-hydrogen) atoms. The summed E-state index contributed by atoms with van der Waals surface area (Å²) in [6.07, 6.45) is 9.37. The van der Waals surface area contributed by atoms with Crippen LogP contribution in [0.4, 0.5) is 5.95 Å². The number of hydrogen-bond acceptors (Lipinski definition) is 4. The van der Waals surface area contributed by atoms with E-state index >= 15 is 0 Å². The van der Waals surface area contributed by atoms with E-state index in [0.717, 1.165) is 5.69 Å². The van der Waals surface area contributed by atoms with Crippen LogP contribution in [0.2, 0.25) is 0 Å². The molecule has 0 spiro atoms. The molecule has 0 aliphatic heterocycles. The van der Waals surface area contributed by atoms with E-state index in [1.54, 1.807) is 6.20 Å². The van der Waals surface area contributed by atoms with Gasteiger partial charge in [0.05, 0.1) is 12.2 Å². The van der Waals surface area contributed by atoms with Gasteiger partial charge in [-0.2, -0.15) is 0 Å². The van der Waals surface area contributed by atoms with Crippen molar-refractivity contribution in [1.29, 1.82) is 0 Å². The molecule has 0 aromatic carbocycles. The van der Waals surface area contributed by atoms with Crippen molar-refractivity contribution in [2.45, 2.75) is 51.1 Å². The van der Waals surface area contributed by atoms with Crippen molar-refractivity contribution in [3.63, 3.8) is 0 Å². The van der Waals surface area contributed by atoms with E-state index < -0.39 is 0 Å². The third-order valence-corrected chi connectivity index (χ3v) is 3.72. The minimum absolute atomic E-state index is 0.471. The van der Waals surface area contributed by atoms with Gasteiger partial charge in [0.1, 0.15) is 0 Å². The predicted octanol–water partition coefficient (Wildman–Crippen LogP) is 1.67. The Kier molecular flexibility index (Phi) is 5.78. The van der Waals surface area contributed by atoms with Crippen LogP contribution < -0.4 is 16.0 Å². The second-order valence-corrected chi connectivity index (χ2v) is 5.78. The van der Waals surface area contributed by atoms with Crippen LogP contribution in [0.3, 0.4) is 0 Å². The summed E-state index contributed by atoms with van der Waals surface area (Å²) < 4.78 is 0. The zero-order valence-electron chi connectivity index (χ0n) is 13.0. The highest BCUT2D eigenvalue weighted by Gasteiger charge is 2.12. The molecule has 6 heteroatoms. The molecule has 1 aromatic heterocycles. The largest absolute Gasteiger partial charge is 0.370 e. The summed E-state index contributed by atoms with van der Waals surface area (Å²) in [4.78, 5) is 14.9. The van der Waals surface area contributed by atoms with Gasteiger partial charge < -0.3 is 16.0 Å². The van der Waals surface area contributed by atoms with Gasteiger partial charge in [-0.3, -0.25) is 0 Å². The first kappa shape index (κ1) is 15.5. The molecule has 1 fully saturated rings. The molecule has 1 aliphatic rings. The lowest BCUT2D eigenvalue weighted by molar-refractivity contribution is 0.530. The summed E-state index contributed by atoms with van der Waals surface area (Å²) in [6.45, 7) is 0.481. The van der Waals surface area contributed by atoms with Crippen molar-refractivity contribution in [1.82, 2.24) is 15.3 Å². The van der Waals surface area contributed by atoms with Gasteiger partial charge in [0.25, 0.3) is 0 Å². The van der Waals surface area contributed by atoms with Gasteiger partial charge in [0, 0.05) is 26.3 Å². The number of hydrogen-bond donors (Lipinski definition) is 2. The van der Waals surface area contributed by atoms with Crippen LogP contribution in [0.1, 0.15) is 44.2 Å². The van der Waals surface area contributed by atoms with Gasteiger partial charge in [-0.25, -0.2) is 15.0 Å². The highest BCUT2D eigenvalue weighted by Crippen LogP contribution is 2.16. The third kappa shape index (κ3) is 5.21. The average molecular weight is 290 g/mol. The molecule has 1 saturated carbocycles. The fraction of sp³-hybridized carbons (Fsp3) is 0.667. The number of aliphatic imine (C=N–C) groups is 1. The van der Waals surface area contributed by atoms with Crippen LogP contribution in [0.15, 0.2) is 17.3 Å². The minimum Gasteiger partial charge on any atom is -0.370 e. The van der Waals surface area contributed by atoms with Crippen molar-refractivity contribution in [3.05, 3.63) is 18.0 Å². The van der Waals surface area contributed by atoms with Gasteiger partial charge >= 0.3 is 0 Å². The van der Waals surface area contributed by atoms with E-state index in [0.29, 0.717) is 24.5 Å². The van der Waals surface area contributed by atoms with E-state index in [1.165, 1.54) is 38.5 Å². The maximum Gasteiger partial charge on any atom is 0.225 e. The fourth-order valence-corrected chi connectivity index (χ4v) is 2.53. The zero-order chi connectivity index (χ0) is 15.1. The summed E-state index contributed by atoms with van der Waals surface area (Å²) in [5, 5.41) is 3.34. The number of nitrogens with zero attached hydrogens (tertiary/aromatic N) is 4. The normalized spacial score (nSPS) is 17.3. The Hall–Kier alpha value is -1.85. The van der Waals surface area contributed by atoms with E-state index in [-0.39, 0.29) is 0 Å². The Morgan fingerprint density at radius 3 is 2.71 bits per heavy atom. The van der Waals surface area contributed by atoms with Crippen molar-refractivity contribution in [2.75, 3.05) is 19.0 Å². The molecule has 2 rings (SSSR count). The highest BCUT2D eigenvalue weighted by molar-refractivity contribution is 5.78. The number of aromatic nitrogens is 2. The zero-order valence-corrected chi connectivity index (χ0v) is 13.0. The molecule has 1 heterocycles. The molecule has 0 atom stereocenters. The summed E-state index contributed by atoms with van der Waals surface area (Å²) in [5.74, 6) is 1.21. The van der Waals surface area contributed by atoms with Crippen molar-refractivity contribution in [2.24, 2.45) is 10.7 Å². The van der Waals surface area contributed by atoms with Gasteiger partial charge in [-0.05, 0) is 18.9 Å².